The number of carbonyl (C=O) groups is 1. The van der Waals surface area contributed by atoms with Crippen molar-refractivity contribution in [2.24, 2.45) is 10.9 Å². The molecule has 4 nitrogen and oxygen atoms in total. The predicted molar refractivity (Wildman–Crippen MR) is 114 cm³/mol. The van der Waals surface area contributed by atoms with Crippen molar-refractivity contribution in [1.82, 2.24) is 5.32 Å². The van der Waals surface area contributed by atoms with Crippen LogP contribution in [-0.4, -0.2) is 25.3 Å². The number of alkyl halides is 3. The summed E-state index contributed by atoms with van der Waals surface area (Å²) in [6, 6.07) is 11.5. The number of hydrogen-bond acceptors (Lipinski definition) is 3. The molecule has 2 aromatic carbocycles. The second kappa shape index (κ2) is 9.54. The normalized spacial score (nSPS) is 17.1. The number of nitrogens with one attached hydrogen (secondary N) is 1. The predicted octanol–water partition coefficient (Wildman–Crippen LogP) is 5.35. The summed E-state index contributed by atoms with van der Waals surface area (Å²) in [6.07, 6.45) is -2.23. The average Bonchev–Trinajstić information content (AvgIpc) is 3.10. The Balaban J connectivity index is 1.81. The molecule has 0 heterocycles. The Labute approximate surface area is 180 Å². The molecule has 0 saturated carbocycles. The number of halogens is 3. The number of rotatable bonds is 7. The van der Waals surface area contributed by atoms with Gasteiger partial charge in [-0.3, -0.25) is 9.79 Å². The van der Waals surface area contributed by atoms with Gasteiger partial charge in [-0.1, -0.05) is 38.1 Å². The highest BCUT2D eigenvalue weighted by molar-refractivity contribution is 5.83. The molecule has 0 fully saturated rings. The first-order valence-corrected chi connectivity index (χ1v) is 10.4. The summed E-state index contributed by atoms with van der Waals surface area (Å²) in [5.41, 5.74) is 1.40. The highest BCUT2D eigenvalue weighted by Gasteiger charge is 2.34. The summed E-state index contributed by atoms with van der Waals surface area (Å²) in [6.45, 7) is 3.88. The highest BCUT2D eigenvalue weighted by Crippen LogP contribution is 2.35. The fraction of sp³-hybridized carbons (Fsp3) is 0.417. The number of benzene rings is 2. The molecule has 1 aliphatic carbocycles. The van der Waals surface area contributed by atoms with Crippen molar-refractivity contribution in [3.05, 3.63) is 64.7 Å². The maximum absolute atomic E-state index is 13.5. The molecule has 2 atom stereocenters. The summed E-state index contributed by atoms with van der Waals surface area (Å²) in [4.78, 5) is 16.7. The number of fused-ring (bicyclic) bond motifs is 1. The lowest BCUT2D eigenvalue weighted by Gasteiger charge is -2.23. The van der Waals surface area contributed by atoms with Crippen molar-refractivity contribution in [3.63, 3.8) is 0 Å². The number of nitrogens with zero attached hydrogens (tertiary/aromatic N) is 1. The van der Waals surface area contributed by atoms with Gasteiger partial charge in [-0.2, -0.15) is 13.2 Å². The van der Waals surface area contributed by atoms with Gasteiger partial charge in [-0.25, -0.2) is 0 Å². The number of carbonyl (C=O) groups excluding carboxylic acids is 1. The second-order valence-electron chi connectivity index (χ2n) is 8.17. The molecule has 1 N–H and O–H groups in total. The Morgan fingerprint density at radius 3 is 2.68 bits per heavy atom. The van der Waals surface area contributed by atoms with Gasteiger partial charge in [0.25, 0.3) is 5.91 Å². The van der Waals surface area contributed by atoms with Gasteiger partial charge in [-0.15, -0.1) is 0 Å². The largest absolute Gasteiger partial charge is 0.481 e. The van der Waals surface area contributed by atoms with E-state index in [4.69, 9.17) is 4.74 Å². The summed E-state index contributed by atoms with van der Waals surface area (Å²) in [7, 11) is 1.41. The van der Waals surface area contributed by atoms with E-state index in [1.54, 1.807) is 0 Å². The van der Waals surface area contributed by atoms with Crippen LogP contribution in [0.5, 0.6) is 5.75 Å². The summed E-state index contributed by atoms with van der Waals surface area (Å²) < 4.78 is 46.2. The van der Waals surface area contributed by atoms with Gasteiger partial charge in [0, 0.05) is 18.8 Å². The van der Waals surface area contributed by atoms with E-state index in [2.05, 4.69) is 10.3 Å². The monoisotopic (exact) mass is 432 g/mol. The van der Waals surface area contributed by atoms with Crippen molar-refractivity contribution in [2.45, 2.75) is 51.4 Å². The zero-order chi connectivity index (χ0) is 22.6. The van der Waals surface area contributed by atoms with E-state index in [9.17, 15) is 18.0 Å². The molecule has 7 heteroatoms. The molecule has 1 amide bonds. The number of aryl methyl sites for hydroxylation is 1. The molecular formula is C24H27F3N2O2. The molecule has 3 rings (SSSR count). The Bertz CT molecular complexity index is 954. The lowest BCUT2D eigenvalue weighted by atomic mass is 10.0. The highest BCUT2D eigenvalue weighted by atomic mass is 19.4. The van der Waals surface area contributed by atoms with E-state index in [0.29, 0.717) is 6.42 Å². The van der Waals surface area contributed by atoms with Crippen LogP contribution < -0.4 is 10.1 Å². The molecule has 0 spiro atoms. The van der Waals surface area contributed by atoms with Gasteiger partial charge in [0.05, 0.1) is 11.6 Å². The van der Waals surface area contributed by atoms with Gasteiger partial charge in [-0.05, 0) is 54.5 Å². The molecule has 0 aliphatic heterocycles. The molecule has 1 aliphatic rings. The van der Waals surface area contributed by atoms with Gasteiger partial charge >= 0.3 is 6.18 Å². The van der Waals surface area contributed by atoms with Crippen LogP contribution in [0.4, 0.5) is 13.2 Å². The van der Waals surface area contributed by atoms with Gasteiger partial charge in [0.15, 0.2) is 6.10 Å². The zero-order valence-electron chi connectivity index (χ0n) is 17.9. The van der Waals surface area contributed by atoms with Crippen molar-refractivity contribution < 1.29 is 22.7 Å². The fourth-order valence-electron chi connectivity index (χ4n) is 3.88. The minimum atomic E-state index is -4.56. The summed E-state index contributed by atoms with van der Waals surface area (Å²) >= 11 is 0. The van der Waals surface area contributed by atoms with Gasteiger partial charge in [0.2, 0.25) is 0 Å². The SMILES string of the molecule is CN=Cc1ccc(OC(CC(C)C)C(=O)NC2CCc3ccccc32)cc1C(F)(F)F. The molecule has 0 aromatic heterocycles. The first kappa shape index (κ1) is 22.8. The van der Waals surface area contributed by atoms with E-state index < -0.39 is 17.8 Å². The molecule has 31 heavy (non-hydrogen) atoms. The van der Waals surface area contributed by atoms with E-state index in [-0.39, 0.29) is 29.2 Å². The summed E-state index contributed by atoms with van der Waals surface area (Å²) in [5, 5.41) is 3.03. The molecule has 0 saturated heterocycles. The first-order valence-electron chi connectivity index (χ1n) is 10.4. The third-order valence-corrected chi connectivity index (χ3v) is 5.30. The van der Waals surface area contributed by atoms with Gasteiger partial charge < -0.3 is 10.1 Å². The molecule has 166 valence electrons. The Hall–Kier alpha value is -2.83. The fourth-order valence-corrected chi connectivity index (χ4v) is 3.88. The molecular weight excluding hydrogens is 405 g/mol. The standard InChI is InChI=1S/C24H27F3N2O2/c1-15(2)12-22(23(30)29-21-11-9-16-6-4-5-7-19(16)21)31-18-10-8-17(14-28-3)20(13-18)24(25,26)27/h4-8,10,13-15,21-22H,9,11-12H2,1-3H3,(H,29,30). The Morgan fingerprint density at radius 2 is 2.00 bits per heavy atom. The topological polar surface area (TPSA) is 50.7 Å². The van der Waals surface area contributed by atoms with Crippen molar-refractivity contribution in [1.29, 1.82) is 0 Å². The van der Waals surface area contributed by atoms with Crippen LogP contribution in [0.25, 0.3) is 0 Å². The van der Waals surface area contributed by atoms with Crippen LogP contribution in [0, 0.1) is 5.92 Å². The van der Waals surface area contributed by atoms with Crippen molar-refractivity contribution in [3.8, 4) is 5.75 Å². The van der Waals surface area contributed by atoms with Crippen LogP contribution in [0.1, 0.15) is 55.0 Å². The first-order chi connectivity index (χ1) is 14.7. The van der Waals surface area contributed by atoms with Crippen LogP contribution in [0.3, 0.4) is 0 Å². The number of hydrogen-bond donors (Lipinski definition) is 1. The van der Waals surface area contributed by atoms with Crippen LogP contribution in [0.15, 0.2) is 47.5 Å². The third-order valence-electron chi connectivity index (χ3n) is 5.30. The smallest absolute Gasteiger partial charge is 0.417 e. The van der Waals surface area contributed by atoms with Crippen molar-refractivity contribution >= 4 is 12.1 Å². The van der Waals surface area contributed by atoms with Crippen LogP contribution >= 0.6 is 0 Å². The minimum Gasteiger partial charge on any atom is -0.481 e. The summed E-state index contributed by atoms with van der Waals surface area (Å²) in [5.74, 6) is -0.184. The van der Waals surface area contributed by atoms with E-state index in [0.717, 1.165) is 30.7 Å². The third kappa shape index (κ3) is 5.66. The molecule has 2 unspecified atom stereocenters. The second-order valence-corrected chi connectivity index (χ2v) is 8.17. The quantitative estimate of drug-likeness (QED) is 0.600. The Kier molecular flexibility index (Phi) is 7.03. The number of ether oxygens (including phenoxy) is 1. The van der Waals surface area contributed by atoms with Crippen LogP contribution in [0.2, 0.25) is 0 Å². The minimum absolute atomic E-state index is 0.00759. The number of aliphatic imine (C=N–C) groups is 1. The Morgan fingerprint density at radius 1 is 1.26 bits per heavy atom. The van der Waals surface area contributed by atoms with Crippen molar-refractivity contribution in [2.75, 3.05) is 7.05 Å². The zero-order valence-corrected chi connectivity index (χ0v) is 17.9. The van der Waals surface area contributed by atoms with E-state index >= 15 is 0 Å². The molecule has 0 bridgehead atoms. The maximum atomic E-state index is 13.5. The van der Waals surface area contributed by atoms with E-state index in [1.165, 1.54) is 24.7 Å². The average molecular weight is 432 g/mol. The maximum Gasteiger partial charge on any atom is 0.417 e. The number of amides is 1. The lowest BCUT2D eigenvalue weighted by molar-refractivity contribution is -0.137. The van der Waals surface area contributed by atoms with Gasteiger partial charge in [0.1, 0.15) is 5.75 Å². The molecule has 2 aromatic rings. The van der Waals surface area contributed by atoms with Crippen LogP contribution in [-0.2, 0) is 17.4 Å². The molecule has 0 radical (unpaired) electrons. The van der Waals surface area contributed by atoms with E-state index in [1.807, 2.05) is 38.1 Å². The lowest BCUT2D eigenvalue weighted by Crippen LogP contribution is -2.40.